The Morgan fingerprint density at radius 2 is 2.28 bits per heavy atom. The first-order valence-corrected chi connectivity index (χ1v) is 5.63. The van der Waals surface area contributed by atoms with Crippen LogP contribution in [0.4, 0.5) is 0 Å². The summed E-state index contributed by atoms with van der Waals surface area (Å²) in [4.78, 5) is 14.1. The van der Waals surface area contributed by atoms with Crippen LogP contribution in [-0.2, 0) is 9.53 Å². The molecule has 1 rings (SSSR count). The number of ether oxygens (including phenoxy) is 1. The smallest absolute Gasteiger partial charge is 0.317 e. The number of carbonyl (C=O) groups excluding carboxylic acids is 1. The Hall–Kier alpha value is -1.75. The van der Waals surface area contributed by atoms with E-state index in [0.29, 0.717) is 5.56 Å². The molecule has 0 fully saturated rings. The van der Waals surface area contributed by atoms with Crippen LogP contribution in [0, 0.1) is 0 Å². The normalized spacial score (nSPS) is 13.3. The molecule has 1 N–H and O–H groups in total. The van der Waals surface area contributed by atoms with Gasteiger partial charge in [0.2, 0.25) is 0 Å². The second kappa shape index (κ2) is 6.86. The minimum Gasteiger partial charge on any atom is -0.466 e. The third-order valence-corrected chi connectivity index (χ3v) is 2.57. The molecule has 1 aromatic rings. The number of hydrogen-bond acceptors (Lipinski definition) is 4. The molecule has 0 radical (unpaired) electrons. The van der Waals surface area contributed by atoms with Crippen molar-refractivity contribution < 1.29 is 14.6 Å². The number of aliphatic hydroxyl groups is 1. The molecule has 6 nitrogen and oxygen atoms in total. The van der Waals surface area contributed by atoms with Crippen molar-refractivity contribution in [3.8, 4) is 0 Å². The first-order valence-electron chi connectivity index (χ1n) is 5.25. The van der Waals surface area contributed by atoms with Crippen molar-refractivity contribution in [1.29, 1.82) is 0 Å². The maximum Gasteiger partial charge on any atom is 0.317 e. The maximum absolute atomic E-state index is 11.6. The Morgan fingerprint density at radius 1 is 1.61 bits per heavy atom. The van der Waals surface area contributed by atoms with E-state index in [-0.39, 0.29) is 11.6 Å². The summed E-state index contributed by atoms with van der Waals surface area (Å²) >= 11 is 5.90. The van der Waals surface area contributed by atoms with E-state index in [1.807, 2.05) is 0 Å². The summed E-state index contributed by atoms with van der Waals surface area (Å²) in [6.45, 7) is 1.75. The van der Waals surface area contributed by atoms with Crippen molar-refractivity contribution in [2.75, 3.05) is 6.61 Å². The van der Waals surface area contributed by atoms with Crippen LogP contribution in [-0.4, -0.2) is 23.7 Å². The fourth-order valence-corrected chi connectivity index (χ4v) is 1.66. The summed E-state index contributed by atoms with van der Waals surface area (Å²) in [6.07, 6.45) is -1.34. The van der Waals surface area contributed by atoms with Gasteiger partial charge in [-0.15, -0.1) is 0 Å². The predicted molar refractivity (Wildman–Crippen MR) is 66.0 cm³/mol. The average molecular weight is 270 g/mol. The number of carbonyl (C=O) groups is 1. The first kappa shape index (κ1) is 14.3. The summed E-state index contributed by atoms with van der Waals surface area (Å²) in [7, 11) is 0. The molecule has 0 aliphatic rings. The topological polar surface area (TPSA) is 95.3 Å². The molecular weight excluding hydrogens is 258 g/mol. The van der Waals surface area contributed by atoms with E-state index in [0.717, 1.165) is 0 Å². The van der Waals surface area contributed by atoms with Gasteiger partial charge in [-0.2, -0.15) is 0 Å². The molecule has 18 heavy (non-hydrogen) atoms. The molecule has 0 spiro atoms. The third-order valence-electron chi connectivity index (χ3n) is 2.23. The Balaban J connectivity index is 3.03. The van der Waals surface area contributed by atoms with Crippen LogP contribution >= 0.6 is 11.6 Å². The van der Waals surface area contributed by atoms with Crippen LogP contribution in [0.25, 0.3) is 10.4 Å². The second-order valence-corrected chi connectivity index (χ2v) is 3.78. The van der Waals surface area contributed by atoms with Crippen molar-refractivity contribution in [3.05, 3.63) is 45.3 Å². The lowest BCUT2D eigenvalue weighted by atomic mass is 10.0. The van der Waals surface area contributed by atoms with Crippen LogP contribution in [0.3, 0.4) is 0 Å². The highest BCUT2D eigenvalue weighted by molar-refractivity contribution is 6.31. The monoisotopic (exact) mass is 269 g/mol. The van der Waals surface area contributed by atoms with Crippen molar-refractivity contribution in [1.82, 2.24) is 0 Å². The lowest BCUT2D eigenvalue weighted by Crippen LogP contribution is -2.28. The zero-order chi connectivity index (χ0) is 13.5. The lowest BCUT2D eigenvalue weighted by Gasteiger charge is -2.18. The summed E-state index contributed by atoms with van der Waals surface area (Å²) in [5, 5.41) is 13.6. The molecule has 0 aliphatic heterocycles. The summed E-state index contributed by atoms with van der Waals surface area (Å²) in [5.74, 6) is -0.789. The molecule has 0 bridgehead atoms. The highest BCUT2D eigenvalue weighted by Crippen LogP contribution is 2.27. The Kier molecular flexibility index (Phi) is 5.45. The summed E-state index contributed by atoms with van der Waals surface area (Å²) in [6, 6.07) is 5.11. The Bertz CT molecular complexity index is 474. The summed E-state index contributed by atoms with van der Waals surface area (Å²) < 4.78 is 4.73. The van der Waals surface area contributed by atoms with E-state index in [9.17, 15) is 9.90 Å². The Labute approximate surface area is 109 Å². The zero-order valence-corrected chi connectivity index (χ0v) is 10.4. The van der Waals surface area contributed by atoms with E-state index < -0.39 is 18.1 Å². The molecule has 0 aromatic heterocycles. The standard InChI is InChI=1S/C11H12ClN3O3/c1-2-18-11(17)9(14-15-13)10(16)7-5-3-4-6-8(7)12/h3-6,9-10,16H,2H2,1H3/t9-,10+/m0/s1. The van der Waals surface area contributed by atoms with Gasteiger partial charge in [-0.25, -0.2) is 0 Å². The number of azide groups is 1. The van der Waals surface area contributed by atoms with Crippen LogP contribution in [0.5, 0.6) is 0 Å². The van der Waals surface area contributed by atoms with Crippen LogP contribution < -0.4 is 0 Å². The fourth-order valence-electron chi connectivity index (χ4n) is 1.41. The number of rotatable bonds is 5. The van der Waals surface area contributed by atoms with Gasteiger partial charge in [0, 0.05) is 15.5 Å². The second-order valence-electron chi connectivity index (χ2n) is 3.37. The highest BCUT2D eigenvalue weighted by atomic mass is 35.5. The van der Waals surface area contributed by atoms with Gasteiger partial charge in [0.05, 0.1) is 12.7 Å². The van der Waals surface area contributed by atoms with E-state index in [1.54, 1.807) is 31.2 Å². The van der Waals surface area contributed by atoms with Gasteiger partial charge in [-0.1, -0.05) is 34.9 Å². The molecule has 0 saturated heterocycles. The molecule has 0 heterocycles. The predicted octanol–water partition coefficient (Wildman–Crippen LogP) is 2.62. The molecule has 1 aromatic carbocycles. The van der Waals surface area contributed by atoms with E-state index >= 15 is 0 Å². The number of halogens is 1. The minimum atomic E-state index is -1.35. The van der Waals surface area contributed by atoms with Crippen molar-refractivity contribution in [3.63, 3.8) is 0 Å². The van der Waals surface area contributed by atoms with Crippen LogP contribution in [0.15, 0.2) is 29.4 Å². The first-order chi connectivity index (χ1) is 8.61. The minimum absolute atomic E-state index is 0.130. The average Bonchev–Trinajstić information content (AvgIpc) is 2.36. The number of nitrogens with zero attached hydrogens (tertiary/aromatic N) is 3. The van der Waals surface area contributed by atoms with Crippen molar-refractivity contribution in [2.45, 2.75) is 19.1 Å². The largest absolute Gasteiger partial charge is 0.466 e. The van der Waals surface area contributed by atoms with Gasteiger partial charge in [-0.3, -0.25) is 4.79 Å². The van der Waals surface area contributed by atoms with Crippen molar-refractivity contribution in [2.24, 2.45) is 5.11 Å². The van der Waals surface area contributed by atoms with Gasteiger partial charge in [0.15, 0.2) is 6.04 Å². The van der Waals surface area contributed by atoms with Crippen molar-refractivity contribution >= 4 is 17.6 Å². The fraction of sp³-hybridized carbons (Fsp3) is 0.364. The highest BCUT2D eigenvalue weighted by Gasteiger charge is 2.29. The molecule has 0 aliphatic carbocycles. The third kappa shape index (κ3) is 3.37. The van der Waals surface area contributed by atoms with E-state index in [4.69, 9.17) is 21.9 Å². The summed E-state index contributed by atoms with van der Waals surface area (Å²) in [5.41, 5.74) is 8.74. The zero-order valence-electron chi connectivity index (χ0n) is 9.65. The molecule has 96 valence electrons. The van der Waals surface area contributed by atoms with Crippen LogP contribution in [0.2, 0.25) is 5.02 Å². The van der Waals surface area contributed by atoms with Gasteiger partial charge >= 0.3 is 5.97 Å². The SMILES string of the molecule is CCOC(=O)[C@@H](N=[N+]=[N-])[C@H](O)c1ccccc1Cl. The molecule has 0 unspecified atom stereocenters. The molecular formula is C11H12ClN3O3. The van der Waals surface area contributed by atoms with Gasteiger partial charge in [0.1, 0.15) is 0 Å². The lowest BCUT2D eigenvalue weighted by molar-refractivity contribution is -0.147. The number of benzene rings is 1. The number of aliphatic hydroxyl groups excluding tert-OH is 1. The van der Waals surface area contributed by atoms with Gasteiger partial charge in [-0.05, 0) is 18.5 Å². The van der Waals surface area contributed by atoms with E-state index in [2.05, 4.69) is 10.0 Å². The maximum atomic E-state index is 11.6. The Morgan fingerprint density at radius 3 is 2.83 bits per heavy atom. The molecule has 7 heteroatoms. The number of hydrogen-bond donors (Lipinski definition) is 1. The quantitative estimate of drug-likeness (QED) is 0.385. The van der Waals surface area contributed by atoms with Crippen LogP contribution in [0.1, 0.15) is 18.6 Å². The van der Waals surface area contributed by atoms with Gasteiger partial charge < -0.3 is 9.84 Å². The molecule has 0 saturated carbocycles. The number of esters is 1. The molecule has 0 amide bonds. The van der Waals surface area contributed by atoms with E-state index in [1.165, 1.54) is 0 Å². The van der Waals surface area contributed by atoms with Gasteiger partial charge in [0.25, 0.3) is 0 Å². The molecule has 2 atom stereocenters.